The summed E-state index contributed by atoms with van der Waals surface area (Å²) in [6.45, 7) is 1.96. The van der Waals surface area contributed by atoms with Crippen LogP contribution in [-0.2, 0) is 10.9 Å². The van der Waals surface area contributed by atoms with Crippen LogP contribution in [0, 0.1) is 20.2 Å². The molecule has 0 aromatic heterocycles. The summed E-state index contributed by atoms with van der Waals surface area (Å²) in [5.41, 5.74) is -4.36. The number of morpholine rings is 1. The van der Waals surface area contributed by atoms with Crippen molar-refractivity contribution in [1.82, 2.24) is 4.90 Å². The van der Waals surface area contributed by atoms with Crippen LogP contribution < -0.4 is 5.32 Å². The van der Waals surface area contributed by atoms with Gasteiger partial charge < -0.3 is 15.2 Å². The van der Waals surface area contributed by atoms with Crippen molar-refractivity contribution in [2.45, 2.75) is 12.3 Å². The highest BCUT2D eigenvalue weighted by Gasteiger charge is 2.37. The molecule has 1 fully saturated rings. The lowest BCUT2D eigenvalue weighted by Crippen LogP contribution is -2.42. The van der Waals surface area contributed by atoms with Gasteiger partial charge >= 0.3 is 6.18 Å². The van der Waals surface area contributed by atoms with Crippen LogP contribution in [0.2, 0.25) is 0 Å². The molecule has 1 aliphatic heterocycles. The van der Waals surface area contributed by atoms with Gasteiger partial charge in [0.1, 0.15) is 0 Å². The third kappa shape index (κ3) is 5.48. The molecule has 13 heteroatoms. The summed E-state index contributed by atoms with van der Waals surface area (Å²) >= 11 is 0. The van der Waals surface area contributed by atoms with Crippen LogP contribution in [0.4, 0.5) is 30.2 Å². The number of hydrogen-bond acceptors (Lipinski definition) is 8. The van der Waals surface area contributed by atoms with Crippen molar-refractivity contribution in [3.63, 3.8) is 0 Å². The number of halogens is 3. The van der Waals surface area contributed by atoms with E-state index in [1.165, 1.54) is 0 Å². The van der Waals surface area contributed by atoms with Gasteiger partial charge in [0, 0.05) is 38.3 Å². The average Bonchev–Trinajstić information content (AvgIpc) is 2.59. The summed E-state index contributed by atoms with van der Waals surface area (Å²) in [5, 5.41) is 34.7. The molecule has 27 heavy (non-hydrogen) atoms. The first-order chi connectivity index (χ1) is 12.6. The monoisotopic (exact) mass is 394 g/mol. The van der Waals surface area contributed by atoms with Crippen LogP contribution in [0.25, 0.3) is 0 Å². The first kappa shape index (κ1) is 20.8. The molecule has 0 spiro atoms. The van der Waals surface area contributed by atoms with Crippen molar-refractivity contribution in [3.05, 3.63) is 37.9 Å². The lowest BCUT2D eigenvalue weighted by molar-refractivity contribution is -0.392. The van der Waals surface area contributed by atoms with Crippen molar-refractivity contribution in [2.24, 2.45) is 0 Å². The molecule has 1 atom stereocenters. The van der Waals surface area contributed by atoms with E-state index in [0.717, 1.165) is 0 Å². The Morgan fingerprint density at radius 3 is 2.15 bits per heavy atom. The standard InChI is InChI=1S/C14H17F3N4O6/c15-14(16,17)9-5-11(20(23)24)13(12(6-9)21(25)26)18-7-10(22)8-19-1-3-27-4-2-19/h5-6,10,18,22H,1-4,7-8H2/t10-/m0/s1. The van der Waals surface area contributed by atoms with Gasteiger partial charge in [-0.3, -0.25) is 25.1 Å². The van der Waals surface area contributed by atoms with Crippen LogP contribution in [0.3, 0.4) is 0 Å². The summed E-state index contributed by atoms with van der Waals surface area (Å²) in [5.74, 6) is 0. The molecule has 2 rings (SSSR count). The van der Waals surface area contributed by atoms with Crippen LogP contribution in [0.5, 0.6) is 0 Å². The maximum atomic E-state index is 12.9. The Balaban J connectivity index is 2.23. The number of nitro groups is 2. The zero-order chi connectivity index (χ0) is 20.2. The molecule has 0 aliphatic carbocycles. The minimum Gasteiger partial charge on any atom is -0.390 e. The molecular formula is C14H17F3N4O6. The summed E-state index contributed by atoms with van der Waals surface area (Å²) in [7, 11) is 0. The Bertz CT molecular complexity index is 674. The third-order valence-corrected chi connectivity index (χ3v) is 3.90. The molecule has 1 aliphatic rings. The predicted octanol–water partition coefficient (Wildman–Crippen LogP) is 1.63. The Kier molecular flexibility index (Phi) is 6.51. The first-order valence-corrected chi connectivity index (χ1v) is 7.85. The van der Waals surface area contributed by atoms with E-state index in [0.29, 0.717) is 26.3 Å². The molecular weight excluding hydrogens is 377 g/mol. The van der Waals surface area contributed by atoms with Gasteiger partial charge in [-0.05, 0) is 0 Å². The molecule has 0 bridgehead atoms. The zero-order valence-corrected chi connectivity index (χ0v) is 13.9. The number of rotatable bonds is 7. The fourth-order valence-electron chi connectivity index (χ4n) is 2.61. The molecule has 0 amide bonds. The van der Waals surface area contributed by atoms with Gasteiger partial charge in [-0.25, -0.2) is 0 Å². The predicted molar refractivity (Wildman–Crippen MR) is 86.5 cm³/mol. The van der Waals surface area contributed by atoms with E-state index in [2.05, 4.69) is 5.32 Å². The number of benzene rings is 1. The Labute approximate surface area is 150 Å². The van der Waals surface area contributed by atoms with Crippen LogP contribution in [-0.4, -0.2) is 65.3 Å². The molecule has 1 aromatic carbocycles. The van der Waals surface area contributed by atoms with Crippen molar-refractivity contribution >= 4 is 17.1 Å². The minimum atomic E-state index is -4.98. The quantitative estimate of drug-likeness (QED) is 0.527. The number of aliphatic hydroxyl groups excluding tert-OH is 1. The molecule has 1 saturated heterocycles. The smallest absolute Gasteiger partial charge is 0.390 e. The fraction of sp³-hybridized carbons (Fsp3) is 0.571. The molecule has 1 heterocycles. The maximum absolute atomic E-state index is 12.9. The zero-order valence-electron chi connectivity index (χ0n) is 13.9. The van der Waals surface area contributed by atoms with E-state index in [1.807, 2.05) is 4.90 Å². The highest BCUT2D eigenvalue weighted by molar-refractivity contribution is 5.75. The van der Waals surface area contributed by atoms with E-state index in [-0.39, 0.29) is 25.2 Å². The van der Waals surface area contributed by atoms with E-state index < -0.39 is 44.8 Å². The molecule has 2 N–H and O–H groups in total. The van der Waals surface area contributed by atoms with E-state index in [9.17, 15) is 38.5 Å². The van der Waals surface area contributed by atoms with E-state index in [1.54, 1.807) is 0 Å². The maximum Gasteiger partial charge on any atom is 0.416 e. The van der Waals surface area contributed by atoms with Crippen molar-refractivity contribution in [3.8, 4) is 0 Å². The fourth-order valence-corrected chi connectivity index (χ4v) is 2.61. The number of nitro benzene ring substituents is 2. The topological polar surface area (TPSA) is 131 Å². The number of anilines is 1. The lowest BCUT2D eigenvalue weighted by Gasteiger charge is -2.28. The second kappa shape index (κ2) is 8.45. The van der Waals surface area contributed by atoms with Gasteiger partial charge in [0.2, 0.25) is 0 Å². The van der Waals surface area contributed by atoms with Gasteiger partial charge in [-0.15, -0.1) is 0 Å². The Morgan fingerprint density at radius 2 is 1.70 bits per heavy atom. The number of aliphatic hydroxyl groups is 1. The Morgan fingerprint density at radius 1 is 1.19 bits per heavy atom. The Hall–Kier alpha value is -2.51. The van der Waals surface area contributed by atoms with Gasteiger partial charge in [0.05, 0.1) is 34.7 Å². The summed E-state index contributed by atoms with van der Waals surface area (Å²) in [6.07, 6.45) is -6.03. The second-order valence-electron chi connectivity index (χ2n) is 5.85. The molecule has 0 unspecified atom stereocenters. The summed E-state index contributed by atoms with van der Waals surface area (Å²) in [4.78, 5) is 21.8. The van der Waals surface area contributed by atoms with Gasteiger partial charge in [-0.1, -0.05) is 0 Å². The summed E-state index contributed by atoms with van der Waals surface area (Å²) < 4.78 is 43.7. The third-order valence-electron chi connectivity index (χ3n) is 3.90. The number of alkyl halides is 3. The number of hydrogen-bond donors (Lipinski definition) is 2. The molecule has 1 aromatic rings. The largest absolute Gasteiger partial charge is 0.416 e. The van der Waals surface area contributed by atoms with Crippen LogP contribution in [0.1, 0.15) is 5.56 Å². The van der Waals surface area contributed by atoms with Crippen molar-refractivity contribution in [2.75, 3.05) is 44.7 Å². The highest BCUT2D eigenvalue weighted by Crippen LogP contribution is 2.41. The number of nitrogens with zero attached hydrogens (tertiary/aromatic N) is 3. The lowest BCUT2D eigenvalue weighted by atomic mass is 10.1. The first-order valence-electron chi connectivity index (χ1n) is 7.85. The molecule has 150 valence electrons. The van der Waals surface area contributed by atoms with E-state index in [4.69, 9.17) is 4.74 Å². The normalized spacial score (nSPS) is 16.7. The molecule has 0 saturated carbocycles. The summed E-state index contributed by atoms with van der Waals surface area (Å²) in [6, 6.07) is 0.452. The second-order valence-corrected chi connectivity index (χ2v) is 5.85. The highest BCUT2D eigenvalue weighted by atomic mass is 19.4. The number of β-amino-alcohol motifs (C(OH)–C–C–N with tert-alkyl or cyclic N) is 1. The number of nitrogens with one attached hydrogen (secondary N) is 1. The van der Waals surface area contributed by atoms with E-state index >= 15 is 0 Å². The van der Waals surface area contributed by atoms with Crippen LogP contribution >= 0.6 is 0 Å². The van der Waals surface area contributed by atoms with Gasteiger partial charge in [0.15, 0.2) is 5.69 Å². The minimum absolute atomic E-state index is 0.179. The average molecular weight is 394 g/mol. The van der Waals surface area contributed by atoms with Gasteiger partial charge in [0.25, 0.3) is 11.4 Å². The van der Waals surface area contributed by atoms with Gasteiger partial charge in [-0.2, -0.15) is 13.2 Å². The van der Waals surface area contributed by atoms with Crippen molar-refractivity contribution < 1.29 is 32.9 Å². The number of ether oxygens (including phenoxy) is 1. The van der Waals surface area contributed by atoms with Crippen LogP contribution in [0.15, 0.2) is 12.1 Å². The molecule has 10 nitrogen and oxygen atoms in total. The van der Waals surface area contributed by atoms with Crippen molar-refractivity contribution in [1.29, 1.82) is 0 Å². The molecule has 0 radical (unpaired) electrons. The SMILES string of the molecule is O=[N+]([O-])c1cc(C(F)(F)F)cc([N+](=O)[O-])c1NC[C@H](O)CN1CCOCC1.